The lowest BCUT2D eigenvalue weighted by Gasteiger charge is -2.07. The van der Waals surface area contributed by atoms with Crippen molar-refractivity contribution in [3.05, 3.63) is 47.0 Å². The van der Waals surface area contributed by atoms with Crippen molar-refractivity contribution < 1.29 is 14.3 Å². The highest BCUT2D eigenvalue weighted by Crippen LogP contribution is 2.31. The first kappa shape index (κ1) is 16.5. The smallest absolute Gasteiger partial charge is 0.264 e. The number of rotatable bonds is 5. The second kappa shape index (κ2) is 7.07. The molecule has 24 heavy (non-hydrogen) atoms. The number of hydrogen-bond acceptors (Lipinski definition) is 5. The number of thiazole rings is 1. The van der Waals surface area contributed by atoms with Gasteiger partial charge in [0.2, 0.25) is 0 Å². The average molecular weight is 363 g/mol. The fraction of sp³-hybridized carbons (Fsp3) is 0.176. The molecule has 0 unspecified atom stereocenters. The van der Waals surface area contributed by atoms with E-state index in [1.54, 1.807) is 25.3 Å². The van der Waals surface area contributed by atoms with Crippen LogP contribution in [0.4, 0.5) is 5.13 Å². The predicted molar refractivity (Wildman–Crippen MR) is 96.5 cm³/mol. The number of carbonyl (C=O) groups excluding carboxylic acids is 1. The van der Waals surface area contributed by atoms with Crippen LogP contribution in [0.15, 0.2) is 36.4 Å². The van der Waals surface area contributed by atoms with E-state index in [2.05, 4.69) is 10.3 Å². The molecule has 3 rings (SSSR count). The topological polar surface area (TPSA) is 60.5 Å². The minimum absolute atomic E-state index is 0.108. The van der Waals surface area contributed by atoms with Crippen LogP contribution in [0.5, 0.6) is 11.5 Å². The summed E-state index contributed by atoms with van der Waals surface area (Å²) in [5, 5.41) is 3.93. The normalized spacial score (nSPS) is 10.6. The second-order valence-corrected chi connectivity index (χ2v) is 6.49. The molecule has 1 aromatic heterocycles. The molecular weight excluding hydrogens is 348 g/mol. The molecule has 0 aliphatic rings. The van der Waals surface area contributed by atoms with E-state index < -0.39 is 0 Å². The third kappa shape index (κ3) is 3.60. The third-order valence-electron chi connectivity index (χ3n) is 3.41. The van der Waals surface area contributed by atoms with Crippen LogP contribution in [-0.4, -0.2) is 24.6 Å². The Bertz CT molecular complexity index is 895. The Kier molecular flexibility index (Phi) is 4.87. The number of benzene rings is 2. The van der Waals surface area contributed by atoms with Gasteiger partial charge in [-0.05, 0) is 36.8 Å². The predicted octanol–water partition coefficient (Wildman–Crippen LogP) is 4.28. The van der Waals surface area contributed by atoms with Crippen LogP contribution in [0.2, 0.25) is 5.02 Å². The van der Waals surface area contributed by atoms with E-state index in [4.69, 9.17) is 21.1 Å². The number of amides is 1. The van der Waals surface area contributed by atoms with Crippen molar-refractivity contribution in [1.82, 2.24) is 4.98 Å². The Labute approximate surface area is 148 Å². The van der Waals surface area contributed by atoms with Gasteiger partial charge in [0.05, 0.1) is 17.3 Å². The van der Waals surface area contributed by atoms with Crippen LogP contribution in [0.1, 0.15) is 5.56 Å². The molecule has 5 nitrogen and oxygen atoms in total. The van der Waals surface area contributed by atoms with Crippen LogP contribution in [0.3, 0.4) is 0 Å². The molecule has 0 bridgehead atoms. The lowest BCUT2D eigenvalue weighted by molar-refractivity contribution is -0.118. The summed E-state index contributed by atoms with van der Waals surface area (Å²) in [5.74, 6) is 0.962. The Balaban J connectivity index is 1.65. The molecule has 0 radical (unpaired) electrons. The Morgan fingerprint density at radius 1 is 1.29 bits per heavy atom. The van der Waals surface area contributed by atoms with Crippen molar-refractivity contribution in [1.29, 1.82) is 0 Å². The van der Waals surface area contributed by atoms with Gasteiger partial charge >= 0.3 is 0 Å². The number of ether oxygens (including phenoxy) is 2. The number of hydrogen-bond donors (Lipinski definition) is 1. The summed E-state index contributed by atoms with van der Waals surface area (Å²) < 4.78 is 11.5. The Hall–Kier alpha value is -2.31. The number of nitrogens with one attached hydrogen (secondary N) is 1. The molecule has 124 valence electrons. The zero-order chi connectivity index (χ0) is 17.1. The quantitative estimate of drug-likeness (QED) is 0.735. The zero-order valence-electron chi connectivity index (χ0n) is 13.1. The molecule has 0 aliphatic heterocycles. The average Bonchev–Trinajstić information content (AvgIpc) is 3.00. The first-order valence-electron chi connectivity index (χ1n) is 7.19. The Morgan fingerprint density at radius 3 is 2.88 bits per heavy atom. The van der Waals surface area contributed by atoms with Gasteiger partial charge in [-0.2, -0.15) is 0 Å². The van der Waals surface area contributed by atoms with Crippen LogP contribution in [-0.2, 0) is 4.79 Å². The molecule has 1 N–H and O–H groups in total. The maximum Gasteiger partial charge on any atom is 0.264 e. The maximum atomic E-state index is 12.0. The molecule has 7 heteroatoms. The van der Waals surface area contributed by atoms with Crippen LogP contribution >= 0.6 is 22.9 Å². The number of methoxy groups -OCH3 is 1. The van der Waals surface area contributed by atoms with Crippen molar-refractivity contribution in [3.8, 4) is 11.5 Å². The summed E-state index contributed by atoms with van der Waals surface area (Å²) in [4.78, 5) is 16.5. The highest BCUT2D eigenvalue weighted by Gasteiger charge is 2.11. The molecular formula is C17H15ClN2O3S. The molecule has 0 aliphatic carbocycles. The molecule has 3 aromatic rings. The van der Waals surface area contributed by atoms with Crippen LogP contribution in [0.25, 0.3) is 10.2 Å². The van der Waals surface area contributed by atoms with Gasteiger partial charge < -0.3 is 9.47 Å². The molecule has 0 saturated heterocycles. The van der Waals surface area contributed by atoms with Gasteiger partial charge in [-0.25, -0.2) is 4.98 Å². The van der Waals surface area contributed by atoms with Gasteiger partial charge in [-0.3, -0.25) is 10.1 Å². The van der Waals surface area contributed by atoms with Crippen molar-refractivity contribution in [2.75, 3.05) is 19.0 Å². The van der Waals surface area contributed by atoms with Gasteiger partial charge in [0.25, 0.3) is 5.91 Å². The van der Waals surface area contributed by atoms with E-state index in [9.17, 15) is 4.79 Å². The van der Waals surface area contributed by atoms with Crippen molar-refractivity contribution in [2.24, 2.45) is 0 Å². The summed E-state index contributed by atoms with van der Waals surface area (Å²) >= 11 is 7.49. The van der Waals surface area contributed by atoms with E-state index in [0.29, 0.717) is 21.7 Å². The molecule has 0 saturated carbocycles. The zero-order valence-corrected chi connectivity index (χ0v) is 14.7. The van der Waals surface area contributed by atoms with Gasteiger partial charge in [0.1, 0.15) is 11.5 Å². The molecule has 0 spiro atoms. The number of fused-ring (bicyclic) bond motifs is 1. The fourth-order valence-electron chi connectivity index (χ4n) is 2.15. The molecule has 1 amide bonds. The first-order chi connectivity index (χ1) is 11.6. The van der Waals surface area contributed by atoms with Crippen molar-refractivity contribution in [3.63, 3.8) is 0 Å². The SMILES string of the molecule is COc1cccc(OCC(=O)Nc2nc3c(C)c(Cl)ccc3s2)c1. The highest BCUT2D eigenvalue weighted by molar-refractivity contribution is 7.22. The summed E-state index contributed by atoms with van der Waals surface area (Å²) in [6, 6.07) is 10.8. The second-order valence-electron chi connectivity index (χ2n) is 5.05. The van der Waals surface area contributed by atoms with Crippen LogP contribution in [0, 0.1) is 6.92 Å². The monoisotopic (exact) mass is 362 g/mol. The number of anilines is 1. The number of carbonyl (C=O) groups is 1. The first-order valence-corrected chi connectivity index (χ1v) is 8.38. The molecule has 1 heterocycles. The summed E-state index contributed by atoms with van der Waals surface area (Å²) in [5.41, 5.74) is 1.70. The maximum absolute atomic E-state index is 12.0. The van der Waals surface area contributed by atoms with Gasteiger partial charge in [-0.15, -0.1) is 0 Å². The summed E-state index contributed by atoms with van der Waals surface area (Å²) in [7, 11) is 1.58. The van der Waals surface area contributed by atoms with E-state index >= 15 is 0 Å². The van der Waals surface area contributed by atoms with E-state index in [-0.39, 0.29) is 12.5 Å². The van der Waals surface area contributed by atoms with E-state index in [1.165, 1.54) is 11.3 Å². The summed E-state index contributed by atoms with van der Waals surface area (Å²) in [6.45, 7) is 1.80. The molecule has 0 fully saturated rings. The van der Waals surface area contributed by atoms with E-state index in [0.717, 1.165) is 15.8 Å². The lowest BCUT2D eigenvalue weighted by atomic mass is 10.2. The van der Waals surface area contributed by atoms with Crippen molar-refractivity contribution >= 4 is 44.2 Å². The number of halogens is 1. The summed E-state index contributed by atoms with van der Waals surface area (Å²) in [6.07, 6.45) is 0. The minimum Gasteiger partial charge on any atom is -0.497 e. The van der Waals surface area contributed by atoms with E-state index in [1.807, 2.05) is 25.1 Å². The lowest BCUT2D eigenvalue weighted by Crippen LogP contribution is -2.20. The number of aromatic nitrogens is 1. The van der Waals surface area contributed by atoms with Crippen molar-refractivity contribution in [2.45, 2.75) is 6.92 Å². The highest BCUT2D eigenvalue weighted by atomic mass is 35.5. The molecule has 0 atom stereocenters. The Morgan fingerprint density at radius 2 is 2.08 bits per heavy atom. The largest absolute Gasteiger partial charge is 0.497 e. The standard InChI is InChI=1S/C17H15ClN2O3S/c1-10-13(18)6-7-14-16(10)20-17(24-14)19-15(21)9-23-12-5-3-4-11(8-12)22-2/h3-8H,9H2,1-2H3,(H,19,20,21). The number of nitrogens with zero attached hydrogens (tertiary/aromatic N) is 1. The third-order valence-corrected chi connectivity index (χ3v) is 4.75. The van der Waals surface area contributed by atoms with Gasteiger partial charge in [0, 0.05) is 11.1 Å². The van der Waals surface area contributed by atoms with Gasteiger partial charge in [-0.1, -0.05) is 29.0 Å². The fourth-order valence-corrected chi connectivity index (χ4v) is 3.24. The number of aryl methyl sites for hydroxylation is 1. The molecule has 2 aromatic carbocycles. The van der Waals surface area contributed by atoms with Gasteiger partial charge in [0.15, 0.2) is 11.7 Å². The van der Waals surface area contributed by atoms with Crippen LogP contribution < -0.4 is 14.8 Å². The minimum atomic E-state index is -0.277.